The average Bonchev–Trinajstić information content (AvgIpc) is 2.16. The number of rotatable bonds is 4. The number of nitrogens with two attached hydrogens (primary N) is 1. The SMILES string of the molecule is CC(C)c1nc(N)cc(SC(C)C(C)O)n1. The van der Waals surface area contributed by atoms with E-state index in [9.17, 15) is 5.11 Å². The largest absolute Gasteiger partial charge is 0.392 e. The number of nitrogens with zero attached hydrogens (tertiary/aromatic N) is 2. The zero-order valence-corrected chi connectivity index (χ0v) is 11.0. The number of nitrogen functional groups attached to an aromatic ring is 1. The Hall–Kier alpha value is -0.810. The molecule has 0 spiro atoms. The minimum absolute atomic E-state index is 0.0920. The maximum atomic E-state index is 9.43. The molecular weight excluding hydrogens is 222 g/mol. The molecule has 90 valence electrons. The third-order valence-corrected chi connectivity index (χ3v) is 3.46. The summed E-state index contributed by atoms with van der Waals surface area (Å²) in [6, 6.07) is 1.75. The van der Waals surface area contributed by atoms with Crippen LogP contribution in [0.3, 0.4) is 0 Å². The number of anilines is 1. The van der Waals surface area contributed by atoms with Crippen LogP contribution in [0.5, 0.6) is 0 Å². The molecule has 0 fully saturated rings. The maximum Gasteiger partial charge on any atom is 0.134 e. The monoisotopic (exact) mass is 241 g/mol. The van der Waals surface area contributed by atoms with Crippen LogP contribution in [0.2, 0.25) is 0 Å². The summed E-state index contributed by atoms with van der Waals surface area (Å²) in [5.74, 6) is 1.49. The lowest BCUT2D eigenvalue weighted by molar-refractivity contribution is 0.196. The van der Waals surface area contributed by atoms with Gasteiger partial charge in [-0.3, -0.25) is 0 Å². The predicted molar refractivity (Wildman–Crippen MR) is 67.5 cm³/mol. The van der Waals surface area contributed by atoms with E-state index in [1.165, 1.54) is 11.8 Å². The second kappa shape index (κ2) is 5.50. The molecule has 1 heterocycles. The number of hydrogen-bond acceptors (Lipinski definition) is 5. The summed E-state index contributed by atoms with van der Waals surface area (Å²) in [7, 11) is 0. The van der Waals surface area contributed by atoms with Crippen molar-refractivity contribution in [3.05, 3.63) is 11.9 Å². The number of aromatic nitrogens is 2. The Balaban J connectivity index is 2.88. The first-order valence-corrected chi connectivity index (χ1v) is 6.27. The molecule has 4 nitrogen and oxygen atoms in total. The van der Waals surface area contributed by atoms with Gasteiger partial charge in [0.15, 0.2) is 0 Å². The van der Waals surface area contributed by atoms with E-state index in [-0.39, 0.29) is 17.3 Å². The Morgan fingerprint density at radius 2 is 1.88 bits per heavy atom. The first-order valence-electron chi connectivity index (χ1n) is 5.39. The van der Waals surface area contributed by atoms with Crippen LogP contribution in [0.4, 0.5) is 5.82 Å². The average molecular weight is 241 g/mol. The van der Waals surface area contributed by atoms with Gasteiger partial charge in [-0.25, -0.2) is 9.97 Å². The van der Waals surface area contributed by atoms with E-state index in [2.05, 4.69) is 9.97 Å². The Kier molecular flexibility index (Phi) is 4.56. The Morgan fingerprint density at radius 1 is 1.25 bits per heavy atom. The standard InChI is InChI=1S/C11H19N3OS/c1-6(2)11-13-9(12)5-10(14-11)16-8(4)7(3)15/h5-8,15H,1-4H3,(H2,12,13,14). The summed E-state index contributed by atoms with van der Waals surface area (Å²) in [4.78, 5) is 8.59. The van der Waals surface area contributed by atoms with Crippen LogP contribution in [0.1, 0.15) is 39.4 Å². The molecule has 0 aliphatic carbocycles. The highest BCUT2D eigenvalue weighted by Crippen LogP contribution is 2.25. The molecule has 1 aromatic heterocycles. The van der Waals surface area contributed by atoms with Crippen molar-refractivity contribution >= 4 is 17.6 Å². The van der Waals surface area contributed by atoms with Crippen molar-refractivity contribution in [3.63, 3.8) is 0 Å². The molecule has 2 unspecified atom stereocenters. The lowest BCUT2D eigenvalue weighted by Gasteiger charge is -2.14. The van der Waals surface area contributed by atoms with Crippen LogP contribution in [0, 0.1) is 0 Å². The summed E-state index contributed by atoms with van der Waals surface area (Å²) in [6.45, 7) is 7.79. The van der Waals surface area contributed by atoms with E-state index in [4.69, 9.17) is 5.73 Å². The Morgan fingerprint density at radius 3 is 2.38 bits per heavy atom. The molecule has 0 saturated heterocycles. The lowest BCUT2D eigenvalue weighted by Crippen LogP contribution is -2.15. The minimum Gasteiger partial charge on any atom is -0.392 e. The molecule has 0 bridgehead atoms. The van der Waals surface area contributed by atoms with Crippen LogP contribution < -0.4 is 5.73 Å². The van der Waals surface area contributed by atoms with Gasteiger partial charge in [0.25, 0.3) is 0 Å². The van der Waals surface area contributed by atoms with Crippen molar-refractivity contribution in [2.75, 3.05) is 5.73 Å². The van der Waals surface area contributed by atoms with E-state index >= 15 is 0 Å². The van der Waals surface area contributed by atoms with Crippen molar-refractivity contribution in [2.45, 2.75) is 50.0 Å². The molecule has 0 radical (unpaired) electrons. The molecule has 0 aliphatic heterocycles. The van der Waals surface area contributed by atoms with Crippen LogP contribution in [0.15, 0.2) is 11.1 Å². The van der Waals surface area contributed by atoms with Crippen molar-refractivity contribution in [1.82, 2.24) is 9.97 Å². The van der Waals surface area contributed by atoms with Gasteiger partial charge in [0.2, 0.25) is 0 Å². The van der Waals surface area contributed by atoms with E-state index in [1.54, 1.807) is 13.0 Å². The van der Waals surface area contributed by atoms with Gasteiger partial charge in [-0.2, -0.15) is 0 Å². The van der Waals surface area contributed by atoms with Crippen LogP contribution >= 0.6 is 11.8 Å². The lowest BCUT2D eigenvalue weighted by atomic mass is 10.2. The van der Waals surface area contributed by atoms with E-state index < -0.39 is 0 Å². The highest BCUT2D eigenvalue weighted by molar-refractivity contribution is 7.99. The number of hydrogen-bond donors (Lipinski definition) is 2. The summed E-state index contributed by atoms with van der Waals surface area (Å²) in [6.07, 6.45) is -0.372. The van der Waals surface area contributed by atoms with Gasteiger partial charge in [-0.1, -0.05) is 20.8 Å². The molecule has 1 rings (SSSR count). The molecule has 0 amide bonds. The highest BCUT2D eigenvalue weighted by Gasteiger charge is 2.13. The van der Waals surface area contributed by atoms with Crippen LogP contribution in [0.25, 0.3) is 0 Å². The number of thioether (sulfide) groups is 1. The zero-order chi connectivity index (χ0) is 12.3. The van der Waals surface area contributed by atoms with Crippen molar-refractivity contribution in [2.24, 2.45) is 0 Å². The number of aliphatic hydroxyl groups is 1. The zero-order valence-electron chi connectivity index (χ0n) is 10.1. The van der Waals surface area contributed by atoms with Crippen LogP contribution in [-0.4, -0.2) is 26.4 Å². The summed E-state index contributed by atoms with van der Waals surface area (Å²) >= 11 is 1.52. The normalized spacial score (nSPS) is 15.1. The molecule has 1 aromatic rings. The molecular formula is C11H19N3OS. The minimum atomic E-state index is -0.372. The third kappa shape index (κ3) is 3.64. The Labute approximate surface area is 101 Å². The van der Waals surface area contributed by atoms with E-state index in [0.717, 1.165) is 10.9 Å². The van der Waals surface area contributed by atoms with Crippen molar-refractivity contribution < 1.29 is 5.11 Å². The predicted octanol–water partition coefficient (Wildman–Crippen LogP) is 2.04. The molecule has 0 aromatic carbocycles. The quantitative estimate of drug-likeness (QED) is 0.623. The van der Waals surface area contributed by atoms with Gasteiger partial charge in [0, 0.05) is 17.2 Å². The van der Waals surface area contributed by atoms with E-state index in [1.807, 2.05) is 20.8 Å². The first kappa shape index (κ1) is 13.3. The van der Waals surface area contributed by atoms with Crippen molar-refractivity contribution in [1.29, 1.82) is 0 Å². The van der Waals surface area contributed by atoms with Gasteiger partial charge in [0.05, 0.1) is 6.10 Å². The fourth-order valence-electron chi connectivity index (χ4n) is 1.07. The van der Waals surface area contributed by atoms with Gasteiger partial charge >= 0.3 is 0 Å². The summed E-state index contributed by atoms with van der Waals surface area (Å²) in [5.41, 5.74) is 5.72. The van der Waals surface area contributed by atoms with Gasteiger partial charge in [-0.05, 0) is 6.92 Å². The summed E-state index contributed by atoms with van der Waals surface area (Å²) in [5, 5.41) is 10.4. The third-order valence-electron chi connectivity index (χ3n) is 2.24. The van der Waals surface area contributed by atoms with Crippen LogP contribution in [-0.2, 0) is 0 Å². The fourth-order valence-corrected chi connectivity index (χ4v) is 1.98. The fraction of sp³-hybridized carbons (Fsp3) is 0.636. The molecule has 0 aliphatic rings. The molecule has 16 heavy (non-hydrogen) atoms. The maximum absolute atomic E-state index is 9.43. The molecule has 2 atom stereocenters. The molecule has 5 heteroatoms. The van der Waals surface area contributed by atoms with Gasteiger partial charge in [0.1, 0.15) is 16.7 Å². The Bertz CT molecular complexity index is 355. The van der Waals surface area contributed by atoms with Crippen molar-refractivity contribution in [3.8, 4) is 0 Å². The van der Waals surface area contributed by atoms with E-state index in [0.29, 0.717) is 5.82 Å². The topological polar surface area (TPSA) is 72.0 Å². The van der Waals surface area contributed by atoms with Gasteiger partial charge < -0.3 is 10.8 Å². The first-order chi connectivity index (χ1) is 7.40. The summed E-state index contributed by atoms with van der Waals surface area (Å²) < 4.78 is 0. The van der Waals surface area contributed by atoms with Gasteiger partial charge in [-0.15, -0.1) is 11.8 Å². The second-order valence-electron chi connectivity index (χ2n) is 4.21. The number of aliphatic hydroxyl groups excluding tert-OH is 1. The molecule has 0 saturated carbocycles. The smallest absolute Gasteiger partial charge is 0.134 e. The molecule has 3 N–H and O–H groups in total. The second-order valence-corrected chi connectivity index (χ2v) is 5.61. The highest BCUT2D eigenvalue weighted by atomic mass is 32.2.